The van der Waals surface area contributed by atoms with Gasteiger partial charge in [-0.05, 0) is 31.9 Å². The van der Waals surface area contributed by atoms with E-state index in [-0.39, 0.29) is 50.9 Å². The number of thiol groups is 1. The van der Waals surface area contributed by atoms with E-state index in [9.17, 15) is 28.8 Å². The predicted molar refractivity (Wildman–Crippen MR) is 139 cm³/mol. The number of imide groups is 4. The number of ether oxygens (including phenoxy) is 1. The van der Waals surface area contributed by atoms with Crippen molar-refractivity contribution in [3.63, 3.8) is 0 Å². The van der Waals surface area contributed by atoms with Gasteiger partial charge in [0.2, 0.25) is 0 Å². The second-order valence-corrected chi connectivity index (χ2v) is 10.5. The van der Waals surface area contributed by atoms with Gasteiger partial charge < -0.3 is 15.4 Å². The molecule has 0 aromatic heterocycles. The lowest BCUT2D eigenvalue weighted by Gasteiger charge is -2.37. The molecule has 37 heavy (non-hydrogen) atoms. The summed E-state index contributed by atoms with van der Waals surface area (Å²) in [5.41, 5.74) is 6.46. The third-order valence-corrected chi connectivity index (χ3v) is 7.52. The topological polar surface area (TPSA) is 147 Å². The summed E-state index contributed by atoms with van der Waals surface area (Å²) in [5, 5.41) is -1.50. The Morgan fingerprint density at radius 1 is 1.16 bits per heavy atom. The molecule has 2 heterocycles. The number of benzene rings is 1. The molecule has 0 aliphatic carbocycles. The number of fused-ring (bicyclic) bond motifs is 1. The van der Waals surface area contributed by atoms with Crippen molar-refractivity contribution < 1.29 is 33.5 Å². The Morgan fingerprint density at radius 2 is 1.78 bits per heavy atom. The van der Waals surface area contributed by atoms with Crippen LogP contribution in [-0.4, -0.2) is 98.9 Å². The highest BCUT2D eigenvalue weighted by Crippen LogP contribution is 2.26. The summed E-state index contributed by atoms with van der Waals surface area (Å²) in [7, 11) is 0. The van der Waals surface area contributed by atoms with E-state index >= 15 is 0 Å². The molecule has 1 aromatic carbocycles. The maximum atomic E-state index is 13.6. The summed E-state index contributed by atoms with van der Waals surface area (Å²) in [5.74, 6) is -2.77. The highest BCUT2D eigenvalue weighted by atomic mass is 32.2. The summed E-state index contributed by atoms with van der Waals surface area (Å²) < 4.78 is 5.35. The first-order valence-electron chi connectivity index (χ1n) is 11.8. The van der Waals surface area contributed by atoms with Gasteiger partial charge in [0.25, 0.3) is 23.6 Å². The molecule has 2 aliphatic heterocycles. The molecule has 0 radical (unpaired) electrons. The van der Waals surface area contributed by atoms with E-state index in [2.05, 4.69) is 12.6 Å². The van der Waals surface area contributed by atoms with Gasteiger partial charge in [0.1, 0.15) is 0 Å². The van der Waals surface area contributed by atoms with Crippen molar-refractivity contribution in [3.05, 3.63) is 35.4 Å². The zero-order chi connectivity index (χ0) is 27.3. The second-order valence-electron chi connectivity index (χ2n) is 8.75. The molecular formula is C24H30N4O7S2. The first-order chi connectivity index (χ1) is 17.6. The lowest BCUT2D eigenvalue weighted by atomic mass is 10.1. The molecule has 3 atom stereocenters. The maximum absolute atomic E-state index is 13.6. The van der Waals surface area contributed by atoms with Gasteiger partial charge in [-0.25, -0.2) is 4.79 Å². The van der Waals surface area contributed by atoms with Crippen LogP contribution in [0.25, 0.3) is 0 Å². The number of carbonyl (C=O) groups excluding carboxylic acids is 6. The number of rotatable bonds is 8. The van der Waals surface area contributed by atoms with Gasteiger partial charge in [-0.1, -0.05) is 23.9 Å². The van der Waals surface area contributed by atoms with Crippen LogP contribution in [-0.2, 0) is 19.1 Å². The molecule has 11 nitrogen and oxygen atoms in total. The average molecular weight is 551 g/mol. The zero-order valence-electron chi connectivity index (χ0n) is 20.6. The lowest BCUT2D eigenvalue weighted by Crippen LogP contribution is -2.60. The molecular weight excluding hydrogens is 520 g/mol. The molecule has 0 spiro atoms. The van der Waals surface area contributed by atoms with E-state index in [1.165, 1.54) is 11.8 Å². The lowest BCUT2D eigenvalue weighted by molar-refractivity contribution is -0.142. The molecule has 1 aromatic rings. The van der Waals surface area contributed by atoms with Gasteiger partial charge in [0.05, 0.1) is 41.7 Å². The second kappa shape index (κ2) is 12.7. The van der Waals surface area contributed by atoms with E-state index in [1.54, 1.807) is 31.2 Å². The standard InChI is InChI=1S/C24H30N4O7S2/c1-14-12-35-11-10-26(14)24(34)28(22(32)18(25)13-36)23(33)19(37-15(2)29)8-5-9-27-20(30)16-6-3-4-7-17(16)21(27)31/h3-4,6-7,14,18-19,36H,5,8-13,25H2,1-2H3/t14?,18-,19?/m0/s1. The van der Waals surface area contributed by atoms with Crippen LogP contribution in [0, 0.1) is 0 Å². The Balaban J connectivity index is 1.78. The van der Waals surface area contributed by atoms with Crippen molar-refractivity contribution in [2.24, 2.45) is 5.73 Å². The molecule has 13 heteroatoms. The van der Waals surface area contributed by atoms with Crippen molar-refractivity contribution in [2.45, 2.75) is 44.0 Å². The van der Waals surface area contributed by atoms with Crippen molar-refractivity contribution in [1.29, 1.82) is 0 Å². The first kappa shape index (κ1) is 28.8. The summed E-state index contributed by atoms with van der Waals surface area (Å²) in [6.45, 7) is 3.67. The molecule has 6 amide bonds. The predicted octanol–water partition coefficient (Wildman–Crippen LogP) is 1.16. The van der Waals surface area contributed by atoms with Gasteiger partial charge in [0.15, 0.2) is 5.12 Å². The number of morpholine rings is 1. The fourth-order valence-corrected chi connectivity index (χ4v) is 5.18. The highest BCUT2D eigenvalue weighted by Gasteiger charge is 2.41. The van der Waals surface area contributed by atoms with Crippen LogP contribution in [0.2, 0.25) is 0 Å². The smallest absolute Gasteiger partial charge is 0.334 e. The third kappa shape index (κ3) is 6.40. The van der Waals surface area contributed by atoms with Crippen LogP contribution in [0.3, 0.4) is 0 Å². The van der Waals surface area contributed by atoms with E-state index in [4.69, 9.17) is 10.5 Å². The summed E-state index contributed by atoms with van der Waals surface area (Å²) in [6, 6.07) is 4.04. The molecule has 2 aliphatic rings. The summed E-state index contributed by atoms with van der Waals surface area (Å²) in [6.07, 6.45) is 0.202. The molecule has 2 N–H and O–H groups in total. The number of urea groups is 1. The Kier molecular flexibility index (Phi) is 9.87. The normalized spacial score (nSPS) is 18.9. The van der Waals surface area contributed by atoms with E-state index in [0.29, 0.717) is 27.8 Å². The molecule has 200 valence electrons. The number of hydrogen-bond donors (Lipinski definition) is 2. The van der Waals surface area contributed by atoms with Crippen LogP contribution < -0.4 is 5.73 Å². The van der Waals surface area contributed by atoms with E-state index in [1.807, 2.05) is 0 Å². The number of thioether (sulfide) groups is 1. The number of nitrogens with zero attached hydrogens (tertiary/aromatic N) is 3. The molecule has 2 unspecified atom stereocenters. The molecule has 1 fully saturated rings. The fraction of sp³-hybridized carbons (Fsp3) is 0.500. The van der Waals surface area contributed by atoms with Crippen molar-refractivity contribution in [1.82, 2.24) is 14.7 Å². The van der Waals surface area contributed by atoms with E-state index < -0.39 is 46.1 Å². The van der Waals surface area contributed by atoms with Gasteiger partial charge in [-0.2, -0.15) is 17.5 Å². The van der Waals surface area contributed by atoms with Gasteiger partial charge in [0, 0.05) is 25.8 Å². The van der Waals surface area contributed by atoms with Crippen molar-refractivity contribution in [2.75, 3.05) is 32.1 Å². The average Bonchev–Trinajstić information content (AvgIpc) is 3.12. The van der Waals surface area contributed by atoms with Crippen molar-refractivity contribution >= 4 is 59.2 Å². The van der Waals surface area contributed by atoms with Crippen molar-refractivity contribution in [3.8, 4) is 0 Å². The number of nitrogens with two attached hydrogens (primary N) is 1. The molecule has 1 saturated heterocycles. The third-order valence-electron chi connectivity index (χ3n) is 6.07. The SMILES string of the molecule is CC(=O)SC(CCCN1C(=O)c2ccccc2C1=O)C(=O)N(C(=O)[C@@H](N)CS)C(=O)N1CCOCC1C. The van der Waals surface area contributed by atoms with Crippen LogP contribution in [0.4, 0.5) is 4.79 Å². The Bertz CT molecular complexity index is 1060. The highest BCUT2D eigenvalue weighted by molar-refractivity contribution is 8.14. The van der Waals surface area contributed by atoms with Crippen LogP contribution in [0.15, 0.2) is 24.3 Å². The summed E-state index contributed by atoms with van der Waals surface area (Å²) >= 11 is 4.71. The fourth-order valence-electron chi connectivity index (χ4n) is 4.13. The zero-order valence-corrected chi connectivity index (χ0v) is 22.3. The minimum absolute atomic E-state index is 0.00708. The minimum Gasteiger partial charge on any atom is -0.377 e. The maximum Gasteiger partial charge on any atom is 0.334 e. The van der Waals surface area contributed by atoms with Gasteiger partial charge in [-0.3, -0.25) is 28.9 Å². The van der Waals surface area contributed by atoms with Gasteiger partial charge in [-0.15, -0.1) is 0 Å². The van der Waals surface area contributed by atoms with Crippen LogP contribution in [0.5, 0.6) is 0 Å². The Morgan fingerprint density at radius 3 is 2.32 bits per heavy atom. The Hall–Kier alpha value is -2.74. The van der Waals surface area contributed by atoms with E-state index in [0.717, 1.165) is 4.90 Å². The minimum atomic E-state index is -1.21. The number of hydrogen-bond acceptors (Lipinski definition) is 10. The van der Waals surface area contributed by atoms with Gasteiger partial charge >= 0.3 is 6.03 Å². The van der Waals surface area contributed by atoms with Crippen LogP contribution >= 0.6 is 24.4 Å². The summed E-state index contributed by atoms with van der Waals surface area (Å²) in [4.78, 5) is 80.2. The molecule has 0 bridgehead atoms. The first-order valence-corrected chi connectivity index (χ1v) is 13.3. The number of amides is 6. The quantitative estimate of drug-likeness (QED) is 0.359. The largest absolute Gasteiger partial charge is 0.377 e. The Labute approximate surface area is 224 Å². The number of carbonyl (C=O) groups is 6. The monoisotopic (exact) mass is 550 g/mol. The molecule has 0 saturated carbocycles. The molecule has 3 rings (SSSR count). The van der Waals surface area contributed by atoms with Crippen LogP contribution in [0.1, 0.15) is 47.4 Å².